The summed E-state index contributed by atoms with van der Waals surface area (Å²) in [4.78, 5) is 10.9. The van der Waals surface area contributed by atoms with E-state index >= 15 is 0 Å². The van der Waals surface area contributed by atoms with Crippen LogP contribution >= 0.6 is 0 Å². The quantitative estimate of drug-likeness (QED) is 0.687. The molecule has 0 saturated heterocycles. The van der Waals surface area contributed by atoms with Gasteiger partial charge in [0, 0.05) is 18.9 Å². The van der Waals surface area contributed by atoms with E-state index < -0.39 is 11.4 Å². The molecule has 5 heteroatoms. The second kappa shape index (κ2) is 4.23. The van der Waals surface area contributed by atoms with Crippen LogP contribution in [0.1, 0.15) is 19.8 Å². The van der Waals surface area contributed by atoms with Crippen LogP contribution in [0.5, 0.6) is 0 Å². The zero-order chi connectivity index (χ0) is 10.6. The fourth-order valence-electron chi connectivity index (χ4n) is 1.16. The topological polar surface area (TPSA) is 86.9 Å². The smallest absolute Gasteiger partial charge is 0.237 e. The fourth-order valence-corrected chi connectivity index (χ4v) is 1.16. The maximum absolute atomic E-state index is 10.9. The molecule has 0 aliphatic rings. The second-order valence-corrected chi connectivity index (χ2v) is 3.65. The van der Waals surface area contributed by atoms with Crippen molar-refractivity contribution in [1.82, 2.24) is 9.78 Å². The Morgan fingerprint density at radius 2 is 2.36 bits per heavy atom. The second-order valence-electron chi connectivity index (χ2n) is 3.65. The van der Waals surface area contributed by atoms with E-state index in [9.17, 15) is 4.79 Å². The Morgan fingerprint density at radius 1 is 1.64 bits per heavy atom. The van der Waals surface area contributed by atoms with Crippen molar-refractivity contribution in [1.29, 1.82) is 0 Å². The fraction of sp³-hybridized carbons (Fsp3) is 0.556. The van der Waals surface area contributed by atoms with Crippen molar-refractivity contribution >= 4 is 5.91 Å². The molecule has 4 N–H and O–H groups in total. The van der Waals surface area contributed by atoms with E-state index in [4.69, 9.17) is 11.5 Å². The molecule has 1 atom stereocenters. The van der Waals surface area contributed by atoms with Crippen LogP contribution in [0.4, 0.5) is 0 Å². The predicted molar refractivity (Wildman–Crippen MR) is 53.2 cm³/mol. The molecule has 0 aliphatic carbocycles. The highest BCUT2D eigenvalue weighted by Gasteiger charge is 2.24. The first kappa shape index (κ1) is 10.7. The number of primary amides is 1. The van der Waals surface area contributed by atoms with Crippen molar-refractivity contribution in [2.75, 3.05) is 0 Å². The molecule has 0 bridgehead atoms. The van der Waals surface area contributed by atoms with Crippen molar-refractivity contribution in [3.8, 4) is 0 Å². The molecule has 0 aromatic carbocycles. The lowest BCUT2D eigenvalue weighted by Gasteiger charge is -2.19. The molecule has 0 radical (unpaired) electrons. The lowest BCUT2D eigenvalue weighted by Crippen LogP contribution is -2.49. The summed E-state index contributed by atoms with van der Waals surface area (Å²) in [6.45, 7) is 2.41. The molecule has 1 aromatic rings. The monoisotopic (exact) mass is 196 g/mol. The molecule has 1 aromatic heterocycles. The van der Waals surface area contributed by atoms with Crippen LogP contribution in [0.2, 0.25) is 0 Å². The first-order valence-electron chi connectivity index (χ1n) is 4.58. The van der Waals surface area contributed by atoms with Gasteiger partial charge in [0.15, 0.2) is 0 Å². The summed E-state index contributed by atoms with van der Waals surface area (Å²) >= 11 is 0. The number of aromatic nitrogens is 2. The van der Waals surface area contributed by atoms with E-state index in [1.807, 2.05) is 12.3 Å². The van der Waals surface area contributed by atoms with E-state index in [-0.39, 0.29) is 0 Å². The number of aryl methyl sites for hydroxylation is 1. The van der Waals surface area contributed by atoms with E-state index in [2.05, 4.69) is 5.10 Å². The SMILES string of the molecule is CC(N)(CCCn1cccn1)C(N)=O. The summed E-state index contributed by atoms with van der Waals surface area (Å²) in [5.41, 5.74) is 9.93. The van der Waals surface area contributed by atoms with Crippen LogP contribution in [-0.2, 0) is 11.3 Å². The first-order valence-corrected chi connectivity index (χ1v) is 4.58. The zero-order valence-electron chi connectivity index (χ0n) is 8.31. The summed E-state index contributed by atoms with van der Waals surface area (Å²) in [6, 6.07) is 1.86. The maximum Gasteiger partial charge on any atom is 0.237 e. The number of nitrogens with zero attached hydrogens (tertiary/aromatic N) is 2. The lowest BCUT2D eigenvalue weighted by molar-refractivity contribution is -0.122. The molecule has 0 spiro atoms. The van der Waals surface area contributed by atoms with Crippen molar-refractivity contribution in [2.45, 2.75) is 31.8 Å². The normalized spacial score (nSPS) is 15.0. The number of hydrogen-bond acceptors (Lipinski definition) is 3. The van der Waals surface area contributed by atoms with Gasteiger partial charge >= 0.3 is 0 Å². The van der Waals surface area contributed by atoms with E-state index in [1.165, 1.54) is 0 Å². The average Bonchev–Trinajstić information content (AvgIpc) is 2.56. The van der Waals surface area contributed by atoms with Gasteiger partial charge in [-0.15, -0.1) is 0 Å². The third-order valence-electron chi connectivity index (χ3n) is 2.21. The Labute approximate surface area is 83.1 Å². The van der Waals surface area contributed by atoms with Crippen molar-refractivity contribution < 1.29 is 4.79 Å². The third kappa shape index (κ3) is 2.85. The first-order chi connectivity index (χ1) is 6.52. The predicted octanol–water partition coefficient (Wildman–Crippen LogP) is -0.134. The van der Waals surface area contributed by atoms with E-state index in [1.54, 1.807) is 17.8 Å². The summed E-state index contributed by atoms with van der Waals surface area (Å²) in [6.07, 6.45) is 4.95. The highest BCUT2D eigenvalue weighted by atomic mass is 16.1. The summed E-state index contributed by atoms with van der Waals surface area (Å²) in [5.74, 6) is -0.460. The summed E-state index contributed by atoms with van der Waals surface area (Å²) in [5, 5.41) is 4.04. The molecule has 1 heterocycles. The molecule has 14 heavy (non-hydrogen) atoms. The van der Waals surface area contributed by atoms with Gasteiger partial charge in [-0.3, -0.25) is 9.48 Å². The number of hydrogen-bond donors (Lipinski definition) is 2. The van der Waals surface area contributed by atoms with Crippen LogP contribution in [0.25, 0.3) is 0 Å². The summed E-state index contributed by atoms with van der Waals surface area (Å²) < 4.78 is 1.80. The molecular formula is C9H16N4O. The Morgan fingerprint density at radius 3 is 2.86 bits per heavy atom. The van der Waals surface area contributed by atoms with Gasteiger partial charge < -0.3 is 11.5 Å². The number of rotatable bonds is 5. The molecule has 5 nitrogen and oxygen atoms in total. The average molecular weight is 196 g/mol. The minimum absolute atomic E-state index is 0.460. The third-order valence-corrected chi connectivity index (χ3v) is 2.21. The molecule has 0 aliphatic heterocycles. The Balaban J connectivity index is 2.31. The molecule has 1 rings (SSSR count). The van der Waals surface area contributed by atoms with Crippen molar-refractivity contribution in [3.05, 3.63) is 18.5 Å². The van der Waals surface area contributed by atoms with Crippen LogP contribution in [0, 0.1) is 0 Å². The van der Waals surface area contributed by atoms with Gasteiger partial charge in [-0.25, -0.2) is 0 Å². The lowest BCUT2D eigenvalue weighted by atomic mass is 9.96. The highest BCUT2D eigenvalue weighted by molar-refractivity contribution is 5.83. The minimum atomic E-state index is -0.910. The number of nitrogens with two attached hydrogens (primary N) is 2. The van der Waals surface area contributed by atoms with Gasteiger partial charge in [0.05, 0.1) is 5.54 Å². The van der Waals surface area contributed by atoms with Gasteiger partial charge in [-0.2, -0.15) is 5.10 Å². The largest absolute Gasteiger partial charge is 0.368 e. The van der Waals surface area contributed by atoms with E-state index in [0.29, 0.717) is 6.42 Å². The molecule has 1 unspecified atom stereocenters. The molecular weight excluding hydrogens is 180 g/mol. The maximum atomic E-state index is 10.9. The number of carbonyl (C=O) groups excluding carboxylic acids is 1. The minimum Gasteiger partial charge on any atom is -0.368 e. The van der Waals surface area contributed by atoms with Gasteiger partial charge in [0.1, 0.15) is 0 Å². The van der Waals surface area contributed by atoms with Crippen LogP contribution in [0.3, 0.4) is 0 Å². The molecule has 1 amide bonds. The Kier molecular flexibility index (Phi) is 3.24. The van der Waals surface area contributed by atoms with Crippen LogP contribution in [0.15, 0.2) is 18.5 Å². The van der Waals surface area contributed by atoms with Crippen LogP contribution < -0.4 is 11.5 Å². The van der Waals surface area contributed by atoms with Gasteiger partial charge in [0.25, 0.3) is 0 Å². The van der Waals surface area contributed by atoms with Crippen LogP contribution in [-0.4, -0.2) is 21.2 Å². The Hall–Kier alpha value is -1.36. The standard InChI is InChI=1S/C9H16N4O/c1-9(11,8(10)14)4-2-6-13-7-3-5-12-13/h3,5,7H,2,4,6,11H2,1H3,(H2,10,14). The Bertz CT molecular complexity index is 292. The summed E-state index contributed by atoms with van der Waals surface area (Å²) in [7, 11) is 0. The van der Waals surface area contributed by atoms with Gasteiger partial charge in [0.2, 0.25) is 5.91 Å². The van der Waals surface area contributed by atoms with E-state index in [0.717, 1.165) is 13.0 Å². The number of carbonyl (C=O) groups is 1. The number of amides is 1. The van der Waals surface area contributed by atoms with Gasteiger partial charge in [-0.05, 0) is 25.8 Å². The zero-order valence-corrected chi connectivity index (χ0v) is 8.31. The van der Waals surface area contributed by atoms with Crippen molar-refractivity contribution in [2.24, 2.45) is 11.5 Å². The highest BCUT2D eigenvalue weighted by Crippen LogP contribution is 2.08. The molecule has 78 valence electrons. The molecule has 0 saturated carbocycles. The molecule has 0 fully saturated rings. The van der Waals surface area contributed by atoms with Crippen molar-refractivity contribution in [3.63, 3.8) is 0 Å². The van der Waals surface area contributed by atoms with Gasteiger partial charge in [-0.1, -0.05) is 0 Å².